The topological polar surface area (TPSA) is 43.6 Å². The first-order valence-electron chi connectivity index (χ1n) is 3.69. The minimum absolute atomic E-state index is 0.165. The molecule has 66 valence electrons. The summed E-state index contributed by atoms with van der Waals surface area (Å²) in [7, 11) is 3.26. The van der Waals surface area contributed by atoms with E-state index in [-0.39, 0.29) is 5.75 Å². The van der Waals surface area contributed by atoms with Gasteiger partial charge in [-0.25, -0.2) is 0 Å². The van der Waals surface area contributed by atoms with Gasteiger partial charge in [-0.15, -0.1) is 6.54 Å². The number of rotatable bonds is 3. The molecule has 0 atom stereocenters. The number of hydrogen-bond donors (Lipinski definition) is 1. The fraction of sp³-hybridized carbons (Fsp3) is 0.333. The van der Waals surface area contributed by atoms with Gasteiger partial charge < -0.3 is 15.2 Å². The Morgan fingerprint density at radius 2 is 2.25 bits per heavy atom. The van der Waals surface area contributed by atoms with Crippen LogP contribution in [-0.4, -0.2) is 19.3 Å². The minimum atomic E-state index is 0.165. The number of hydrogen-bond acceptors (Lipinski definition) is 2. The lowest BCUT2D eigenvalue weighted by atomic mass is 10.2. The molecule has 1 aromatic rings. The molecule has 0 saturated heterocycles. The van der Waals surface area contributed by atoms with E-state index < -0.39 is 0 Å². The maximum absolute atomic E-state index is 9.35. The number of aromatic hydroxyl groups is 1. The Morgan fingerprint density at radius 1 is 1.50 bits per heavy atom. The summed E-state index contributed by atoms with van der Waals surface area (Å²) in [5.74, 6) is 0.661. The fourth-order valence-corrected chi connectivity index (χ4v) is 1.02. The van der Waals surface area contributed by atoms with Crippen LogP contribution in [0.3, 0.4) is 0 Å². The number of nitrogens with zero attached hydrogens (tertiary/aromatic N) is 1. The third-order valence-electron chi connectivity index (χ3n) is 1.58. The summed E-state index contributed by atoms with van der Waals surface area (Å²) >= 11 is 0. The number of ether oxygens (including phenoxy) is 1. The Morgan fingerprint density at radius 3 is 2.75 bits per heavy atom. The SMILES string of the molecule is C[N-]Cc1ccc(OC)c(O)c1. The molecule has 0 saturated carbocycles. The van der Waals surface area contributed by atoms with E-state index in [4.69, 9.17) is 4.74 Å². The van der Waals surface area contributed by atoms with Crippen LogP contribution in [0.4, 0.5) is 0 Å². The summed E-state index contributed by atoms with van der Waals surface area (Å²) in [6, 6.07) is 5.27. The van der Waals surface area contributed by atoms with E-state index in [9.17, 15) is 5.11 Å². The Kier molecular flexibility index (Phi) is 2.94. The molecule has 0 bridgehead atoms. The third-order valence-corrected chi connectivity index (χ3v) is 1.58. The van der Waals surface area contributed by atoms with Gasteiger partial charge >= 0.3 is 0 Å². The van der Waals surface area contributed by atoms with E-state index in [2.05, 4.69) is 5.32 Å². The normalized spacial score (nSPS) is 9.83. The summed E-state index contributed by atoms with van der Waals surface area (Å²) in [6.07, 6.45) is 0. The summed E-state index contributed by atoms with van der Waals surface area (Å²) in [6.45, 7) is 0.623. The Labute approximate surface area is 72.0 Å². The van der Waals surface area contributed by atoms with Crippen LogP contribution in [0, 0.1) is 0 Å². The quantitative estimate of drug-likeness (QED) is 0.745. The van der Waals surface area contributed by atoms with Crippen molar-refractivity contribution in [3.63, 3.8) is 0 Å². The first kappa shape index (κ1) is 8.87. The zero-order valence-corrected chi connectivity index (χ0v) is 7.24. The van der Waals surface area contributed by atoms with Crippen LogP contribution < -0.4 is 4.74 Å². The van der Waals surface area contributed by atoms with Crippen molar-refractivity contribution in [3.8, 4) is 11.5 Å². The van der Waals surface area contributed by atoms with Crippen LogP contribution in [0.2, 0.25) is 0 Å². The standard InChI is InChI=1S/C9H12NO2/c1-10-6-7-3-4-9(12-2)8(11)5-7/h3-5,11H,6H2,1-2H3/q-1. The van der Waals surface area contributed by atoms with Crippen LogP contribution in [-0.2, 0) is 6.54 Å². The van der Waals surface area contributed by atoms with E-state index in [1.807, 2.05) is 6.07 Å². The molecule has 1 N–H and O–H groups in total. The predicted molar refractivity (Wildman–Crippen MR) is 47.6 cm³/mol. The molecule has 3 heteroatoms. The average molecular weight is 166 g/mol. The molecule has 0 unspecified atom stereocenters. The van der Waals surface area contributed by atoms with Crippen molar-refractivity contribution in [1.29, 1.82) is 0 Å². The van der Waals surface area contributed by atoms with Gasteiger partial charge in [0.2, 0.25) is 0 Å². The summed E-state index contributed by atoms with van der Waals surface area (Å²) in [5.41, 5.74) is 0.982. The second-order valence-corrected chi connectivity index (χ2v) is 2.48. The lowest BCUT2D eigenvalue weighted by Gasteiger charge is -2.12. The van der Waals surface area contributed by atoms with E-state index in [0.717, 1.165) is 5.56 Å². The number of phenols is 1. The Balaban J connectivity index is 2.86. The van der Waals surface area contributed by atoms with Gasteiger partial charge in [0.25, 0.3) is 0 Å². The molecule has 3 nitrogen and oxygen atoms in total. The highest BCUT2D eigenvalue weighted by molar-refractivity contribution is 5.42. The van der Waals surface area contributed by atoms with Crippen LogP contribution in [0.25, 0.3) is 5.32 Å². The largest absolute Gasteiger partial charge is 0.661 e. The molecule has 0 spiro atoms. The first-order valence-corrected chi connectivity index (χ1v) is 3.69. The van der Waals surface area contributed by atoms with Crippen LogP contribution in [0.1, 0.15) is 5.56 Å². The maximum atomic E-state index is 9.35. The maximum Gasteiger partial charge on any atom is 0.160 e. The minimum Gasteiger partial charge on any atom is -0.661 e. The van der Waals surface area contributed by atoms with Gasteiger partial charge in [-0.1, -0.05) is 11.6 Å². The fourth-order valence-electron chi connectivity index (χ4n) is 1.02. The van der Waals surface area contributed by atoms with Crippen molar-refractivity contribution < 1.29 is 9.84 Å². The molecule has 12 heavy (non-hydrogen) atoms. The van der Waals surface area contributed by atoms with E-state index >= 15 is 0 Å². The molecule has 1 aromatic carbocycles. The lowest BCUT2D eigenvalue weighted by Crippen LogP contribution is -1.86. The summed E-state index contributed by atoms with van der Waals surface area (Å²) < 4.78 is 4.90. The van der Waals surface area contributed by atoms with Crippen LogP contribution >= 0.6 is 0 Å². The van der Waals surface area contributed by atoms with Crippen molar-refractivity contribution >= 4 is 0 Å². The Bertz CT molecular complexity index is 261. The summed E-state index contributed by atoms with van der Waals surface area (Å²) in [4.78, 5) is 0. The van der Waals surface area contributed by atoms with Crippen molar-refractivity contribution in [3.05, 3.63) is 29.1 Å². The second kappa shape index (κ2) is 3.97. The lowest BCUT2D eigenvalue weighted by molar-refractivity contribution is 0.373. The molecule has 0 aliphatic carbocycles. The number of benzene rings is 1. The molecular formula is C9H12NO2-. The smallest absolute Gasteiger partial charge is 0.160 e. The van der Waals surface area contributed by atoms with E-state index in [0.29, 0.717) is 12.3 Å². The van der Waals surface area contributed by atoms with Gasteiger partial charge in [0.1, 0.15) is 0 Å². The molecular weight excluding hydrogens is 154 g/mol. The highest BCUT2D eigenvalue weighted by Gasteiger charge is 1.98. The van der Waals surface area contributed by atoms with Gasteiger partial charge in [-0.05, 0) is 12.1 Å². The van der Waals surface area contributed by atoms with Crippen molar-refractivity contribution in [2.24, 2.45) is 0 Å². The van der Waals surface area contributed by atoms with Gasteiger partial charge in [-0.2, -0.15) is 7.05 Å². The predicted octanol–water partition coefficient (Wildman–Crippen LogP) is 1.90. The molecule has 0 fully saturated rings. The Hall–Kier alpha value is -1.22. The highest BCUT2D eigenvalue weighted by atomic mass is 16.5. The molecule has 0 radical (unpaired) electrons. The molecule has 0 aliphatic heterocycles. The monoisotopic (exact) mass is 166 g/mol. The van der Waals surface area contributed by atoms with Crippen molar-refractivity contribution in [2.45, 2.75) is 6.54 Å². The van der Waals surface area contributed by atoms with Crippen molar-refractivity contribution in [1.82, 2.24) is 0 Å². The molecule has 1 rings (SSSR count). The molecule has 0 heterocycles. The summed E-state index contributed by atoms with van der Waals surface area (Å²) in [5, 5.41) is 13.3. The molecule has 0 amide bonds. The van der Waals surface area contributed by atoms with Crippen molar-refractivity contribution in [2.75, 3.05) is 14.2 Å². The second-order valence-electron chi connectivity index (χ2n) is 2.48. The van der Waals surface area contributed by atoms with Crippen LogP contribution in [0.5, 0.6) is 11.5 Å². The number of methoxy groups -OCH3 is 1. The average Bonchev–Trinajstić information content (AvgIpc) is 2.05. The van der Waals surface area contributed by atoms with E-state index in [1.165, 1.54) is 7.11 Å². The molecule has 0 aromatic heterocycles. The third kappa shape index (κ3) is 1.89. The molecule has 0 aliphatic rings. The van der Waals surface area contributed by atoms with Gasteiger partial charge in [0.05, 0.1) is 7.11 Å². The van der Waals surface area contributed by atoms with Gasteiger partial charge in [0.15, 0.2) is 11.5 Å². The highest BCUT2D eigenvalue weighted by Crippen LogP contribution is 2.26. The zero-order chi connectivity index (χ0) is 8.97. The number of phenolic OH excluding ortho intramolecular Hbond substituents is 1. The van der Waals surface area contributed by atoms with Gasteiger partial charge in [0, 0.05) is 0 Å². The van der Waals surface area contributed by atoms with Gasteiger partial charge in [-0.3, -0.25) is 0 Å². The van der Waals surface area contributed by atoms with E-state index in [1.54, 1.807) is 19.2 Å². The first-order chi connectivity index (χ1) is 5.77. The zero-order valence-electron chi connectivity index (χ0n) is 7.24. The van der Waals surface area contributed by atoms with Crippen LogP contribution in [0.15, 0.2) is 18.2 Å².